The Labute approximate surface area is 158 Å². The molecule has 1 amide bonds. The molecule has 3 aromatic rings. The molecule has 4 nitrogen and oxygen atoms in total. The molecule has 0 saturated heterocycles. The second-order valence-corrected chi connectivity index (χ2v) is 6.00. The smallest absolute Gasteiger partial charge is 0.257 e. The maximum Gasteiger partial charge on any atom is 0.257 e. The molecule has 0 heterocycles. The van der Waals surface area contributed by atoms with Crippen LogP contribution in [0.1, 0.15) is 5.56 Å². The van der Waals surface area contributed by atoms with Gasteiger partial charge in [0.25, 0.3) is 5.91 Å². The predicted molar refractivity (Wildman–Crippen MR) is 105 cm³/mol. The third kappa shape index (κ3) is 5.85. The van der Waals surface area contributed by atoms with Gasteiger partial charge in [-0.05, 0) is 54.4 Å². The minimum Gasteiger partial charge on any atom is -0.484 e. The van der Waals surface area contributed by atoms with Gasteiger partial charge in [-0.1, -0.05) is 36.4 Å². The van der Waals surface area contributed by atoms with Gasteiger partial charge in [0.15, 0.2) is 6.61 Å². The van der Waals surface area contributed by atoms with Gasteiger partial charge in [-0.2, -0.15) is 0 Å². The van der Waals surface area contributed by atoms with Gasteiger partial charge in [-0.15, -0.1) is 0 Å². The molecule has 138 valence electrons. The van der Waals surface area contributed by atoms with E-state index in [1.807, 2.05) is 42.5 Å². The quantitative estimate of drug-likeness (QED) is 0.626. The first-order valence-electron chi connectivity index (χ1n) is 8.76. The Kier molecular flexibility index (Phi) is 6.41. The lowest BCUT2D eigenvalue weighted by Gasteiger charge is -2.10. The van der Waals surface area contributed by atoms with E-state index in [2.05, 4.69) is 10.6 Å². The number of amides is 1. The highest BCUT2D eigenvalue weighted by molar-refractivity contribution is 5.77. The van der Waals surface area contributed by atoms with Crippen molar-refractivity contribution in [2.75, 3.05) is 18.5 Å². The van der Waals surface area contributed by atoms with Crippen LogP contribution >= 0.6 is 0 Å². The highest BCUT2D eigenvalue weighted by Gasteiger charge is 2.05. The fourth-order valence-corrected chi connectivity index (χ4v) is 2.56. The lowest BCUT2D eigenvalue weighted by atomic mass is 10.1. The van der Waals surface area contributed by atoms with Crippen molar-refractivity contribution in [3.63, 3.8) is 0 Å². The number of benzene rings is 3. The SMILES string of the molecule is O=C(COc1ccc(Nc2ccccc2)cc1)NCCc1ccccc1F. The number of ether oxygens (including phenoxy) is 1. The first-order chi connectivity index (χ1) is 13.2. The maximum absolute atomic E-state index is 13.5. The molecular formula is C22H21FN2O2. The number of hydrogen-bond donors (Lipinski definition) is 2. The summed E-state index contributed by atoms with van der Waals surface area (Å²) < 4.78 is 19.0. The van der Waals surface area contributed by atoms with Crippen molar-refractivity contribution < 1.29 is 13.9 Å². The average molecular weight is 364 g/mol. The van der Waals surface area contributed by atoms with Crippen LogP contribution in [0.3, 0.4) is 0 Å². The number of rotatable bonds is 8. The summed E-state index contributed by atoms with van der Waals surface area (Å²) in [6.07, 6.45) is 0.443. The number of carbonyl (C=O) groups is 1. The number of anilines is 2. The van der Waals surface area contributed by atoms with E-state index in [0.717, 1.165) is 11.4 Å². The van der Waals surface area contributed by atoms with Crippen molar-refractivity contribution >= 4 is 17.3 Å². The van der Waals surface area contributed by atoms with Crippen molar-refractivity contribution in [2.24, 2.45) is 0 Å². The van der Waals surface area contributed by atoms with Gasteiger partial charge in [0.05, 0.1) is 0 Å². The van der Waals surface area contributed by atoms with Crippen LogP contribution in [0.25, 0.3) is 0 Å². The molecule has 0 aromatic heterocycles. The maximum atomic E-state index is 13.5. The third-order valence-corrected chi connectivity index (χ3v) is 3.96. The Morgan fingerprint density at radius 2 is 1.52 bits per heavy atom. The van der Waals surface area contributed by atoms with Crippen LogP contribution in [0.2, 0.25) is 0 Å². The Hall–Kier alpha value is -3.34. The zero-order valence-corrected chi connectivity index (χ0v) is 14.8. The van der Waals surface area contributed by atoms with E-state index in [4.69, 9.17) is 4.74 Å². The molecule has 0 radical (unpaired) electrons. The van der Waals surface area contributed by atoms with Crippen LogP contribution in [0.4, 0.5) is 15.8 Å². The van der Waals surface area contributed by atoms with Crippen molar-refractivity contribution in [1.82, 2.24) is 5.32 Å². The summed E-state index contributed by atoms with van der Waals surface area (Å²) in [7, 11) is 0. The van der Waals surface area contributed by atoms with E-state index in [1.54, 1.807) is 30.3 Å². The molecule has 0 aliphatic carbocycles. The molecule has 3 rings (SSSR count). The molecule has 0 unspecified atom stereocenters. The largest absolute Gasteiger partial charge is 0.484 e. The highest BCUT2D eigenvalue weighted by Crippen LogP contribution is 2.19. The van der Waals surface area contributed by atoms with Crippen LogP contribution in [-0.2, 0) is 11.2 Å². The van der Waals surface area contributed by atoms with Gasteiger partial charge in [0.1, 0.15) is 11.6 Å². The monoisotopic (exact) mass is 364 g/mol. The topological polar surface area (TPSA) is 50.4 Å². The summed E-state index contributed by atoms with van der Waals surface area (Å²) >= 11 is 0. The number of hydrogen-bond acceptors (Lipinski definition) is 3. The van der Waals surface area contributed by atoms with Crippen molar-refractivity contribution in [3.05, 3.63) is 90.2 Å². The first kappa shape index (κ1) is 18.5. The molecule has 0 aliphatic heterocycles. The Morgan fingerprint density at radius 3 is 2.26 bits per heavy atom. The van der Waals surface area contributed by atoms with Gasteiger partial charge >= 0.3 is 0 Å². The third-order valence-electron chi connectivity index (χ3n) is 3.96. The summed E-state index contributed by atoms with van der Waals surface area (Å²) in [6, 6.07) is 23.8. The van der Waals surface area contributed by atoms with E-state index < -0.39 is 0 Å². The molecule has 0 fully saturated rings. The van der Waals surface area contributed by atoms with E-state index in [0.29, 0.717) is 24.3 Å². The second-order valence-electron chi connectivity index (χ2n) is 6.00. The molecule has 27 heavy (non-hydrogen) atoms. The van der Waals surface area contributed by atoms with Gasteiger partial charge in [-0.3, -0.25) is 4.79 Å². The summed E-state index contributed by atoms with van der Waals surface area (Å²) in [5.41, 5.74) is 2.52. The molecule has 5 heteroatoms. The number of halogens is 1. The lowest BCUT2D eigenvalue weighted by Crippen LogP contribution is -2.30. The van der Waals surface area contributed by atoms with E-state index >= 15 is 0 Å². The number of para-hydroxylation sites is 1. The predicted octanol–water partition coefficient (Wildman–Crippen LogP) is 4.31. The molecule has 0 aliphatic rings. The minimum atomic E-state index is -0.257. The Morgan fingerprint density at radius 1 is 0.852 bits per heavy atom. The van der Waals surface area contributed by atoms with Gasteiger partial charge in [0.2, 0.25) is 0 Å². The van der Waals surface area contributed by atoms with Crippen molar-refractivity contribution in [3.8, 4) is 5.75 Å². The van der Waals surface area contributed by atoms with Crippen molar-refractivity contribution in [2.45, 2.75) is 6.42 Å². The van der Waals surface area contributed by atoms with E-state index in [9.17, 15) is 9.18 Å². The second kappa shape index (κ2) is 9.38. The number of carbonyl (C=O) groups excluding carboxylic acids is 1. The molecule has 0 atom stereocenters. The molecule has 0 spiro atoms. The first-order valence-corrected chi connectivity index (χ1v) is 8.76. The minimum absolute atomic E-state index is 0.0806. The zero-order chi connectivity index (χ0) is 18.9. The van der Waals surface area contributed by atoms with Crippen molar-refractivity contribution in [1.29, 1.82) is 0 Å². The standard InChI is InChI=1S/C22H21FN2O2/c23-21-9-5-4-6-17(21)14-15-24-22(26)16-27-20-12-10-19(11-13-20)25-18-7-2-1-3-8-18/h1-13,25H,14-16H2,(H,24,26). The Balaban J connectivity index is 1.40. The lowest BCUT2D eigenvalue weighted by molar-refractivity contribution is -0.123. The highest BCUT2D eigenvalue weighted by atomic mass is 19.1. The fourth-order valence-electron chi connectivity index (χ4n) is 2.56. The number of nitrogens with one attached hydrogen (secondary N) is 2. The van der Waals surface area contributed by atoms with Gasteiger partial charge < -0.3 is 15.4 Å². The van der Waals surface area contributed by atoms with Crippen LogP contribution in [0, 0.1) is 5.82 Å². The molecular weight excluding hydrogens is 343 g/mol. The summed E-state index contributed by atoms with van der Waals surface area (Å²) in [6.45, 7) is 0.284. The van der Waals surface area contributed by atoms with Gasteiger partial charge in [0, 0.05) is 17.9 Å². The van der Waals surface area contributed by atoms with Crippen LogP contribution < -0.4 is 15.4 Å². The summed E-state index contributed by atoms with van der Waals surface area (Å²) in [5.74, 6) is 0.114. The van der Waals surface area contributed by atoms with E-state index in [-0.39, 0.29) is 18.3 Å². The summed E-state index contributed by atoms with van der Waals surface area (Å²) in [5, 5.41) is 6.01. The van der Waals surface area contributed by atoms with Crippen LogP contribution in [-0.4, -0.2) is 19.1 Å². The molecule has 2 N–H and O–H groups in total. The van der Waals surface area contributed by atoms with E-state index in [1.165, 1.54) is 6.07 Å². The van der Waals surface area contributed by atoms with Crippen LogP contribution in [0.15, 0.2) is 78.9 Å². The molecule has 0 saturated carbocycles. The zero-order valence-electron chi connectivity index (χ0n) is 14.8. The Bertz CT molecular complexity index is 867. The molecule has 3 aromatic carbocycles. The van der Waals surface area contributed by atoms with Gasteiger partial charge in [-0.25, -0.2) is 4.39 Å². The fraction of sp³-hybridized carbons (Fsp3) is 0.136. The normalized spacial score (nSPS) is 10.3. The summed E-state index contributed by atoms with van der Waals surface area (Å²) in [4.78, 5) is 11.9. The molecule has 0 bridgehead atoms. The average Bonchev–Trinajstić information content (AvgIpc) is 2.70. The van der Waals surface area contributed by atoms with Crippen LogP contribution in [0.5, 0.6) is 5.75 Å².